The molecule has 2 aromatic rings. The maximum absolute atomic E-state index is 13.0. The van der Waals surface area contributed by atoms with Gasteiger partial charge in [-0.3, -0.25) is 18.7 Å². The van der Waals surface area contributed by atoms with Gasteiger partial charge in [-0.1, -0.05) is 31.4 Å². The highest BCUT2D eigenvalue weighted by molar-refractivity contribution is 5.81. The Morgan fingerprint density at radius 1 is 1.04 bits per heavy atom. The second kappa shape index (κ2) is 7.33. The summed E-state index contributed by atoms with van der Waals surface area (Å²) in [6.07, 6.45) is 6.14. The fourth-order valence-corrected chi connectivity index (χ4v) is 4.87. The van der Waals surface area contributed by atoms with Gasteiger partial charge in [0.2, 0.25) is 5.91 Å². The maximum atomic E-state index is 13.0. The van der Waals surface area contributed by atoms with Gasteiger partial charge < -0.3 is 4.90 Å². The predicted octanol–water partition coefficient (Wildman–Crippen LogP) is 2.22. The molecule has 0 radical (unpaired) electrons. The number of benzene rings is 1. The van der Waals surface area contributed by atoms with Gasteiger partial charge >= 0.3 is 5.69 Å². The third-order valence-corrected chi connectivity index (χ3v) is 6.39. The van der Waals surface area contributed by atoms with E-state index < -0.39 is 5.69 Å². The Kier molecular flexibility index (Phi) is 4.89. The van der Waals surface area contributed by atoms with Crippen molar-refractivity contribution in [2.45, 2.75) is 52.1 Å². The molecule has 2 heterocycles. The molecule has 2 fully saturated rings. The first-order valence-electron chi connectivity index (χ1n) is 10.1. The number of para-hydroxylation sites is 1. The summed E-state index contributed by atoms with van der Waals surface area (Å²) < 4.78 is 2.68. The number of amides is 1. The van der Waals surface area contributed by atoms with Gasteiger partial charge in [-0.15, -0.1) is 0 Å². The molecule has 1 aromatic carbocycles. The molecule has 2 aliphatic rings. The number of fused-ring (bicyclic) bond motifs is 2. The highest BCUT2D eigenvalue weighted by atomic mass is 16.2. The maximum Gasteiger partial charge on any atom is 0.331 e. The number of carbonyl (C=O) groups excluding carboxylic acids is 1. The average molecular weight is 369 g/mol. The molecule has 1 amide bonds. The van der Waals surface area contributed by atoms with Gasteiger partial charge in [0.15, 0.2) is 0 Å². The molecule has 6 heteroatoms. The first-order valence-corrected chi connectivity index (χ1v) is 10.1. The molecule has 6 nitrogen and oxygen atoms in total. The summed E-state index contributed by atoms with van der Waals surface area (Å²) in [6.45, 7) is 3.66. The standard InChI is InChI=1S/C21H27N3O3/c1-2-23-20(26)17-9-5-6-10-18(17)24(21(23)27)14-19(25)22-12-11-15-7-3-4-8-16(15)13-22/h5-6,9-10,15-16H,2-4,7-8,11-14H2,1H3/t15-,16+/m0/s1. The SMILES string of the molecule is CCn1c(=O)c2ccccc2n(CC(=O)N2CC[C@@H]3CCCC[C@@H]3C2)c1=O. The van der Waals surface area contributed by atoms with E-state index in [0.717, 1.165) is 25.4 Å². The second-order valence-corrected chi connectivity index (χ2v) is 7.87. The lowest BCUT2D eigenvalue weighted by atomic mass is 9.75. The average Bonchev–Trinajstić information content (AvgIpc) is 2.71. The van der Waals surface area contributed by atoms with Crippen molar-refractivity contribution in [2.24, 2.45) is 11.8 Å². The monoisotopic (exact) mass is 369 g/mol. The van der Waals surface area contributed by atoms with E-state index >= 15 is 0 Å². The molecule has 0 bridgehead atoms. The number of hydrogen-bond donors (Lipinski definition) is 0. The topological polar surface area (TPSA) is 64.3 Å². The van der Waals surface area contributed by atoms with Crippen molar-refractivity contribution in [3.8, 4) is 0 Å². The number of nitrogens with zero attached hydrogens (tertiary/aromatic N) is 3. The molecule has 0 unspecified atom stereocenters. The summed E-state index contributed by atoms with van der Waals surface area (Å²) in [5.41, 5.74) is -0.148. The van der Waals surface area contributed by atoms with Gasteiger partial charge in [0, 0.05) is 19.6 Å². The van der Waals surface area contributed by atoms with Crippen LogP contribution in [-0.4, -0.2) is 33.0 Å². The molecule has 1 saturated heterocycles. The minimum atomic E-state index is -0.401. The van der Waals surface area contributed by atoms with Crippen LogP contribution in [0.15, 0.2) is 33.9 Å². The number of rotatable bonds is 3. The lowest BCUT2D eigenvalue weighted by molar-refractivity contribution is -0.135. The number of likely N-dealkylation sites (tertiary alicyclic amines) is 1. The number of aromatic nitrogens is 2. The fourth-order valence-electron chi connectivity index (χ4n) is 4.87. The third kappa shape index (κ3) is 3.22. The van der Waals surface area contributed by atoms with Crippen LogP contribution in [-0.2, 0) is 17.9 Å². The molecule has 144 valence electrons. The van der Waals surface area contributed by atoms with Crippen molar-refractivity contribution in [1.29, 1.82) is 0 Å². The van der Waals surface area contributed by atoms with Crippen molar-refractivity contribution in [3.05, 3.63) is 45.1 Å². The highest BCUT2D eigenvalue weighted by Gasteiger charge is 2.33. The molecule has 4 rings (SSSR count). The van der Waals surface area contributed by atoms with E-state index in [2.05, 4.69) is 0 Å². The zero-order chi connectivity index (χ0) is 19.0. The van der Waals surface area contributed by atoms with E-state index in [1.165, 1.54) is 34.8 Å². The molecular formula is C21H27N3O3. The molecule has 1 saturated carbocycles. The Morgan fingerprint density at radius 2 is 1.78 bits per heavy atom. The van der Waals surface area contributed by atoms with Crippen LogP contribution in [0.1, 0.15) is 39.0 Å². The number of carbonyl (C=O) groups is 1. The predicted molar refractivity (Wildman–Crippen MR) is 105 cm³/mol. The van der Waals surface area contributed by atoms with Crippen molar-refractivity contribution in [2.75, 3.05) is 13.1 Å². The molecule has 27 heavy (non-hydrogen) atoms. The van der Waals surface area contributed by atoms with E-state index in [0.29, 0.717) is 23.4 Å². The second-order valence-electron chi connectivity index (χ2n) is 7.87. The van der Waals surface area contributed by atoms with Crippen LogP contribution in [0, 0.1) is 11.8 Å². The van der Waals surface area contributed by atoms with Gasteiger partial charge in [0.05, 0.1) is 10.9 Å². The first kappa shape index (κ1) is 18.0. The first-order chi connectivity index (χ1) is 13.1. The van der Waals surface area contributed by atoms with Gasteiger partial charge in [-0.25, -0.2) is 4.79 Å². The molecule has 1 aliphatic carbocycles. The van der Waals surface area contributed by atoms with Gasteiger partial charge in [0.25, 0.3) is 5.56 Å². The summed E-state index contributed by atoms with van der Waals surface area (Å²) in [6, 6.07) is 7.05. The molecule has 0 spiro atoms. The minimum absolute atomic E-state index is 0.00296. The summed E-state index contributed by atoms with van der Waals surface area (Å²) in [4.78, 5) is 40.3. The summed E-state index contributed by atoms with van der Waals surface area (Å²) in [5, 5.41) is 0.484. The van der Waals surface area contributed by atoms with Crippen molar-refractivity contribution >= 4 is 16.8 Å². The quantitative estimate of drug-likeness (QED) is 0.833. The summed E-state index contributed by atoms with van der Waals surface area (Å²) in [5.74, 6) is 1.34. The van der Waals surface area contributed by atoms with E-state index in [-0.39, 0.29) is 18.0 Å². The lowest BCUT2D eigenvalue weighted by Gasteiger charge is -2.41. The van der Waals surface area contributed by atoms with Crippen LogP contribution in [0.3, 0.4) is 0 Å². The molecule has 2 atom stereocenters. The van der Waals surface area contributed by atoms with Crippen LogP contribution in [0.25, 0.3) is 10.9 Å². The third-order valence-electron chi connectivity index (χ3n) is 6.39. The van der Waals surface area contributed by atoms with E-state index in [4.69, 9.17) is 0 Å². The van der Waals surface area contributed by atoms with Gasteiger partial charge in [0.1, 0.15) is 6.54 Å². The molecular weight excluding hydrogens is 342 g/mol. The summed E-state index contributed by atoms with van der Waals surface area (Å²) >= 11 is 0. The van der Waals surface area contributed by atoms with Crippen LogP contribution in [0.2, 0.25) is 0 Å². The number of piperidine rings is 1. The number of hydrogen-bond acceptors (Lipinski definition) is 3. The Labute approximate surface area is 158 Å². The van der Waals surface area contributed by atoms with Crippen LogP contribution in [0.4, 0.5) is 0 Å². The normalized spacial score (nSPS) is 22.6. The molecule has 0 N–H and O–H groups in total. The van der Waals surface area contributed by atoms with Gasteiger partial charge in [-0.05, 0) is 43.7 Å². The van der Waals surface area contributed by atoms with Crippen molar-refractivity contribution in [3.63, 3.8) is 0 Å². The zero-order valence-electron chi connectivity index (χ0n) is 15.9. The van der Waals surface area contributed by atoms with Crippen molar-refractivity contribution < 1.29 is 4.79 Å². The Hall–Kier alpha value is -2.37. The zero-order valence-corrected chi connectivity index (χ0v) is 15.9. The van der Waals surface area contributed by atoms with Gasteiger partial charge in [-0.2, -0.15) is 0 Å². The highest BCUT2D eigenvalue weighted by Crippen LogP contribution is 2.36. The van der Waals surface area contributed by atoms with Crippen LogP contribution in [0.5, 0.6) is 0 Å². The molecule has 1 aliphatic heterocycles. The van der Waals surface area contributed by atoms with E-state index in [1.807, 2.05) is 4.90 Å². The Morgan fingerprint density at radius 3 is 2.56 bits per heavy atom. The van der Waals surface area contributed by atoms with Crippen molar-refractivity contribution in [1.82, 2.24) is 14.0 Å². The smallest absolute Gasteiger partial charge is 0.331 e. The Balaban J connectivity index is 1.64. The largest absolute Gasteiger partial charge is 0.341 e. The Bertz CT molecular complexity index is 975. The fraction of sp³-hybridized carbons (Fsp3) is 0.571. The van der Waals surface area contributed by atoms with E-state index in [9.17, 15) is 14.4 Å². The van der Waals surface area contributed by atoms with Crippen LogP contribution < -0.4 is 11.2 Å². The van der Waals surface area contributed by atoms with Crippen LogP contribution >= 0.6 is 0 Å². The lowest BCUT2D eigenvalue weighted by Crippen LogP contribution is -2.48. The molecule has 1 aromatic heterocycles. The van der Waals surface area contributed by atoms with E-state index in [1.54, 1.807) is 31.2 Å². The minimum Gasteiger partial charge on any atom is -0.341 e. The summed E-state index contributed by atoms with van der Waals surface area (Å²) in [7, 11) is 0.